The van der Waals surface area contributed by atoms with Crippen LogP contribution in [0.15, 0.2) is 5.10 Å². The Kier molecular flexibility index (Phi) is 2.27. The van der Waals surface area contributed by atoms with Crippen LogP contribution in [0.4, 0.5) is 0 Å². The van der Waals surface area contributed by atoms with Crippen molar-refractivity contribution in [3.8, 4) is 0 Å². The third-order valence-electron chi connectivity index (χ3n) is 2.18. The van der Waals surface area contributed by atoms with Crippen LogP contribution in [0.1, 0.15) is 27.2 Å². The minimum Gasteiger partial charge on any atom is -0.306 e. The van der Waals surface area contributed by atoms with Crippen LogP contribution in [-0.2, 0) is 4.79 Å². The SMILES string of the molecule is CC(=O)C(C)C1CC(C)=NN1. The van der Waals surface area contributed by atoms with Crippen molar-refractivity contribution < 1.29 is 4.79 Å². The molecule has 0 spiro atoms. The molecule has 1 rings (SSSR count). The van der Waals surface area contributed by atoms with Gasteiger partial charge in [0.05, 0.1) is 6.04 Å². The molecule has 0 bridgehead atoms. The zero-order valence-electron chi connectivity index (χ0n) is 7.22. The van der Waals surface area contributed by atoms with E-state index in [1.165, 1.54) is 0 Å². The highest BCUT2D eigenvalue weighted by atomic mass is 16.1. The number of hydrazone groups is 1. The van der Waals surface area contributed by atoms with Gasteiger partial charge in [-0.3, -0.25) is 4.79 Å². The van der Waals surface area contributed by atoms with E-state index in [0.717, 1.165) is 12.1 Å². The van der Waals surface area contributed by atoms with Crippen molar-refractivity contribution in [2.24, 2.45) is 11.0 Å². The van der Waals surface area contributed by atoms with Crippen LogP contribution in [0.2, 0.25) is 0 Å². The smallest absolute Gasteiger partial charge is 0.134 e. The van der Waals surface area contributed by atoms with Gasteiger partial charge in [-0.2, -0.15) is 5.10 Å². The van der Waals surface area contributed by atoms with Gasteiger partial charge in [-0.1, -0.05) is 6.92 Å². The topological polar surface area (TPSA) is 41.5 Å². The quantitative estimate of drug-likeness (QED) is 0.643. The number of rotatable bonds is 2. The first-order valence-corrected chi connectivity index (χ1v) is 3.90. The first-order valence-electron chi connectivity index (χ1n) is 3.90. The number of carbonyl (C=O) groups excluding carboxylic acids is 1. The largest absolute Gasteiger partial charge is 0.306 e. The van der Waals surface area contributed by atoms with E-state index < -0.39 is 0 Å². The number of ketones is 1. The van der Waals surface area contributed by atoms with Crippen molar-refractivity contribution in [2.75, 3.05) is 0 Å². The fourth-order valence-electron chi connectivity index (χ4n) is 1.17. The van der Waals surface area contributed by atoms with E-state index in [2.05, 4.69) is 10.5 Å². The van der Waals surface area contributed by atoms with Gasteiger partial charge in [0.25, 0.3) is 0 Å². The van der Waals surface area contributed by atoms with Crippen molar-refractivity contribution in [3.63, 3.8) is 0 Å². The van der Waals surface area contributed by atoms with Gasteiger partial charge in [-0.05, 0) is 13.8 Å². The Hall–Kier alpha value is -0.860. The van der Waals surface area contributed by atoms with Gasteiger partial charge in [0.15, 0.2) is 0 Å². The molecule has 0 fully saturated rings. The van der Waals surface area contributed by atoms with Gasteiger partial charge in [0.2, 0.25) is 0 Å². The average Bonchev–Trinajstić information content (AvgIpc) is 2.34. The van der Waals surface area contributed by atoms with Gasteiger partial charge in [0.1, 0.15) is 5.78 Å². The maximum absolute atomic E-state index is 10.9. The Bertz CT molecular complexity index is 198. The summed E-state index contributed by atoms with van der Waals surface area (Å²) in [6, 6.07) is 0.229. The number of carbonyl (C=O) groups is 1. The third kappa shape index (κ3) is 1.79. The molecule has 1 heterocycles. The standard InChI is InChI=1S/C8H14N2O/c1-5-4-8(10-9-5)6(2)7(3)11/h6,8,10H,4H2,1-3H3. The second-order valence-corrected chi connectivity index (χ2v) is 3.19. The molecule has 62 valence electrons. The maximum atomic E-state index is 10.9. The van der Waals surface area contributed by atoms with Crippen LogP contribution in [-0.4, -0.2) is 17.5 Å². The monoisotopic (exact) mass is 154 g/mol. The second kappa shape index (κ2) is 3.03. The van der Waals surface area contributed by atoms with Crippen LogP contribution in [0.3, 0.4) is 0 Å². The normalized spacial score (nSPS) is 25.7. The molecule has 11 heavy (non-hydrogen) atoms. The molecular weight excluding hydrogens is 140 g/mol. The molecule has 0 aromatic heterocycles. The molecule has 1 aliphatic heterocycles. The number of Topliss-reactive ketones (excluding diaryl/α,β-unsaturated/α-hetero) is 1. The van der Waals surface area contributed by atoms with E-state index >= 15 is 0 Å². The summed E-state index contributed by atoms with van der Waals surface area (Å²) in [6.45, 7) is 5.54. The van der Waals surface area contributed by atoms with Gasteiger partial charge in [-0.25, -0.2) is 0 Å². The molecule has 0 aliphatic carbocycles. The molecule has 0 radical (unpaired) electrons. The lowest BCUT2D eigenvalue weighted by Crippen LogP contribution is -2.31. The van der Waals surface area contributed by atoms with E-state index in [9.17, 15) is 4.79 Å². The van der Waals surface area contributed by atoms with E-state index in [1.54, 1.807) is 6.92 Å². The zero-order valence-corrected chi connectivity index (χ0v) is 7.22. The Labute approximate surface area is 66.9 Å². The number of hydrogen-bond acceptors (Lipinski definition) is 3. The molecule has 3 nitrogen and oxygen atoms in total. The highest BCUT2D eigenvalue weighted by Gasteiger charge is 2.24. The summed E-state index contributed by atoms with van der Waals surface area (Å²) in [5, 5.41) is 4.04. The molecule has 1 N–H and O–H groups in total. The first-order chi connectivity index (χ1) is 5.11. The average molecular weight is 154 g/mol. The lowest BCUT2D eigenvalue weighted by molar-refractivity contribution is -0.120. The van der Waals surface area contributed by atoms with E-state index in [1.807, 2.05) is 13.8 Å². The van der Waals surface area contributed by atoms with Crippen LogP contribution in [0, 0.1) is 5.92 Å². The van der Waals surface area contributed by atoms with Gasteiger partial charge in [-0.15, -0.1) is 0 Å². The predicted octanol–water partition coefficient (Wildman–Crippen LogP) is 0.949. The minimum absolute atomic E-state index is 0.0798. The summed E-state index contributed by atoms with van der Waals surface area (Å²) in [4.78, 5) is 10.9. The van der Waals surface area contributed by atoms with Crippen molar-refractivity contribution in [2.45, 2.75) is 33.2 Å². The van der Waals surface area contributed by atoms with Gasteiger partial charge < -0.3 is 5.43 Å². The van der Waals surface area contributed by atoms with Gasteiger partial charge in [0, 0.05) is 18.1 Å². The molecule has 1 aliphatic rings. The Balaban J connectivity index is 2.47. The summed E-state index contributed by atoms with van der Waals surface area (Å²) in [5.74, 6) is 0.309. The van der Waals surface area contributed by atoms with E-state index in [-0.39, 0.29) is 17.7 Å². The number of nitrogens with one attached hydrogen (secondary N) is 1. The Morgan fingerprint density at radius 2 is 2.45 bits per heavy atom. The van der Waals surface area contributed by atoms with Gasteiger partial charge >= 0.3 is 0 Å². The summed E-state index contributed by atoms with van der Waals surface area (Å²) in [7, 11) is 0. The number of nitrogens with zero attached hydrogens (tertiary/aromatic N) is 1. The molecule has 2 unspecified atom stereocenters. The fraction of sp³-hybridized carbons (Fsp3) is 0.750. The molecule has 0 saturated heterocycles. The van der Waals surface area contributed by atoms with Crippen LogP contribution in [0.25, 0.3) is 0 Å². The summed E-state index contributed by atoms with van der Waals surface area (Å²) in [5.41, 5.74) is 4.04. The minimum atomic E-state index is 0.0798. The molecular formula is C8H14N2O. The second-order valence-electron chi connectivity index (χ2n) is 3.19. The molecule has 2 atom stereocenters. The van der Waals surface area contributed by atoms with Crippen LogP contribution >= 0.6 is 0 Å². The summed E-state index contributed by atoms with van der Waals surface area (Å²) in [6.07, 6.45) is 0.904. The number of hydrogen-bond donors (Lipinski definition) is 1. The summed E-state index contributed by atoms with van der Waals surface area (Å²) >= 11 is 0. The summed E-state index contributed by atoms with van der Waals surface area (Å²) < 4.78 is 0. The lowest BCUT2D eigenvalue weighted by atomic mass is 9.95. The predicted molar refractivity (Wildman–Crippen MR) is 44.5 cm³/mol. The molecule has 0 aromatic carbocycles. The molecule has 0 amide bonds. The highest BCUT2D eigenvalue weighted by molar-refractivity contribution is 5.86. The van der Waals surface area contributed by atoms with Crippen LogP contribution in [0.5, 0.6) is 0 Å². The Morgan fingerprint density at radius 3 is 2.82 bits per heavy atom. The van der Waals surface area contributed by atoms with Crippen molar-refractivity contribution in [3.05, 3.63) is 0 Å². The fourth-order valence-corrected chi connectivity index (χ4v) is 1.17. The van der Waals surface area contributed by atoms with Crippen molar-refractivity contribution >= 4 is 11.5 Å². The molecule has 0 saturated carbocycles. The first kappa shape index (κ1) is 8.24. The van der Waals surface area contributed by atoms with E-state index in [4.69, 9.17) is 0 Å². The van der Waals surface area contributed by atoms with Crippen molar-refractivity contribution in [1.82, 2.24) is 5.43 Å². The molecule has 0 aromatic rings. The van der Waals surface area contributed by atoms with Crippen molar-refractivity contribution in [1.29, 1.82) is 0 Å². The highest BCUT2D eigenvalue weighted by Crippen LogP contribution is 2.13. The zero-order chi connectivity index (χ0) is 8.43. The lowest BCUT2D eigenvalue weighted by Gasteiger charge is -2.14. The van der Waals surface area contributed by atoms with Crippen LogP contribution < -0.4 is 5.43 Å². The third-order valence-corrected chi connectivity index (χ3v) is 2.18. The molecule has 3 heteroatoms. The Morgan fingerprint density at radius 1 is 1.82 bits per heavy atom. The maximum Gasteiger partial charge on any atom is 0.134 e. The van der Waals surface area contributed by atoms with E-state index in [0.29, 0.717) is 0 Å².